The smallest absolute Gasteiger partial charge is 0.237 e. The van der Waals surface area contributed by atoms with Gasteiger partial charge in [-0.2, -0.15) is 5.26 Å². The normalized spacial score (nSPS) is 13.5. The van der Waals surface area contributed by atoms with Crippen molar-refractivity contribution in [2.45, 2.75) is 19.3 Å². The maximum absolute atomic E-state index is 13.7. The third kappa shape index (κ3) is 3.54. The van der Waals surface area contributed by atoms with Gasteiger partial charge in [-0.25, -0.2) is 14.2 Å². The number of hydrogen-bond acceptors (Lipinski definition) is 5. The van der Waals surface area contributed by atoms with Crippen LogP contribution in [0, 0.1) is 23.7 Å². The predicted octanol–water partition coefficient (Wildman–Crippen LogP) is 4.94. The standard InChI is InChI=1S/C23H19FN6/c1-27-21-20(16-7-5-6-15(12-16)19-13-17(24)8-9-28-19)18(14-25)23(29-22(21)26)30-10-3-2-4-11-30/h5-9,12-13H,2-4,10-11H2,(H2,26,29). The lowest BCUT2D eigenvalue weighted by Gasteiger charge is -2.29. The van der Waals surface area contributed by atoms with E-state index in [-0.39, 0.29) is 17.3 Å². The van der Waals surface area contributed by atoms with E-state index in [1.54, 1.807) is 12.1 Å². The fourth-order valence-corrected chi connectivity index (χ4v) is 3.81. The summed E-state index contributed by atoms with van der Waals surface area (Å²) in [6, 6.07) is 12.1. The first-order valence-electron chi connectivity index (χ1n) is 9.70. The molecule has 6 nitrogen and oxygen atoms in total. The number of anilines is 2. The Kier molecular flexibility index (Phi) is 5.28. The van der Waals surface area contributed by atoms with Crippen LogP contribution < -0.4 is 10.6 Å². The lowest BCUT2D eigenvalue weighted by Crippen LogP contribution is -2.31. The molecule has 0 atom stereocenters. The molecule has 1 saturated heterocycles. The van der Waals surface area contributed by atoms with Crippen LogP contribution >= 0.6 is 0 Å². The Morgan fingerprint density at radius 1 is 1.13 bits per heavy atom. The SMILES string of the molecule is [C-]#[N+]c1c(N)nc(N2CCCCC2)c(C#N)c1-c1cccc(-c2cc(F)ccn2)c1. The minimum Gasteiger partial charge on any atom is -0.392 e. The molecule has 1 aliphatic rings. The minimum atomic E-state index is -0.384. The Morgan fingerprint density at radius 2 is 1.90 bits per heavy atom. The fourth-order valence-electron chi connectivity index (χ4n) is 3.81. The molecule has 1 aliphatic heterocycles. The van der Waals surface area contributed by atoms with E-state index in [0.29, 0.717) is 33.8 Å². The molecule has 3 heterocycles. The molecule has 0 saturated carbocycles. The lowest BCUT2D eigenvalue weighted by molar-refractivity contribution is 0.573. The molecule has 0 spiro atoms. The second-order valence-corrected chi connectivity index (χ2v) is 7.13. The second-order valence-electron chi connectivity index (χ2n) is 7.13. The number of nitriles is 1. The Labute approximate surface area is 174 Å². The van der Waals surface area contributed by atoms with E-state index in [4.69, 9.17) is 12.3 Å². The van der Waals surface area contributed by atoms with Crippen molar-refractivity contribution < 1.29 is 4.39 Å². The van der Waals surface area contributed by atoms with Crippen molar-refractivity contribution in [1.82, 2.24) is 9.97 Å². The van der Waals surface area contributed by atoms with E-state index >= 15 is 0 Å². The first-order valence-corrected chi connectivity index (χ1v) is 9.70. The highest BCUT2D eigenvalue weighted by Gasteiger charge is 2.24. The van der Waals surface area contributed by atoms with Crippen LogP contribution in [-0.4, -0.2) is 23.1 Å². The molecular formula is C23H19FN6. The highest BCUT2D eigenvalue weighted by Crippen LogP contribution is 2.42. The van der Waals surface area contributed by atoms with Gasteiger partial charge in [0, 0.05) is 36.5 Å². The monoisotopic (exact) mass is 398 g/mol. The quantitative estimate of drug-likeness (QED) is 0.632. The summed E-state index contributed by atoms with van der Waals surface area (Å²) in [5, 5.41) is 10.0. The molecular weight excluding hydrogens is 379 g/mol. The Balaban J connectivity index is 1.92. The molecule has 2 aromatic heterocycles. The minimum absolute atomic E-state index is 0.105. The Hall–Kier alpha value is -3.97. The van der Waals surface area contributed by atoms with Gasteiger partial charge in [0.2, 0.25) is 5.69 Å². The van der Waals surface area contributed by atoms with E-state index in [2.05, 4.69) is 25.8 Å². The van der Waals surface area contributed by atoms with Gasteiger partial charge in [-0.3, -0.25) is 4.98 Å². The number of rotatable bonds is 3. The average molecular weight is 398 g/mol. The van der Waals surface area contributed by atoms with Gasteiger partial charge < -0.3 is 10.6 Å². The molecule has 4 rings (SSSR count). The summed E-state index contributed by atoms with van der Waals surface area (Å²) in [6.07, 6.45) is 4.59. The van der Waals surface area contributed by atoms with Gasteiger partial charge in [0.15, 0.2) is 0 Å². The summed E-state index contributed by atoms with van der Waals surface area (Å²) >= 11 is 0. The zero-order valence-corrected chi connectivity index (χ0v) is 16.3. The molecule has 148 valence electrons. The molecule has 7 heteroatoms. The topological polar surface area (TPSA) is 83.2 Å². The fraction of sp³-hybridized carbons (Fsp3) is 0.217. The molecule has 1 fully saturated rings. The third-order valence-electron chi connectivity index (χ3n) is 5.23. The van der Waals surface area contributed by atoms with Gasteiger partial charge in [0.05, 0.1) is 17.8 Å². The van der Waals surface area contributed by atoms with Gasteiger partial charge in [0.1, 0.15) is 23.5 Å². The van der Waals surface area contributed by atoms with Gasteiger partial charge in [-0.05, 0) is 37.0 Å². The van der Waals surface area contributed by atoms with E-state index < -0.39 is 0 Å². The number of nitrogen functional groups attached to an aromatic ring is 1. The number of benzene rings is 1. The van der Waals surface area contributed by atoms with Crippen molar-refractivity contribution in [3.8, 4) is 28.5 Å². The lowest BCUT2D eigenvalue weighted by atomic mass is 9.96. The summed E-state index contributed by atoms with van der Waals surface area (Å²) in [6.45, 7) is 9.22. The number of hydrogen-bond donors (Lipinski definition) is 1. The third-order valence-corrected chi connectivity index (χ3v) is 5.23. The van der Waals surface area contributed by atoms with Crippen LogP contribution in [0.4, 0.5) is 21.7 Å². The van der Waals surface area contributed by atoms with E-state index in [1.165, 1.54) is 18.3 Å². The highest BCUT2D eigenvalue weighted by atomic mass is 19.1. The van der Waals surface area contributed by atoms with E-state index in [1.807, 2.05) is 12.1 Å². The van der Waals surface area contributed by atoms with Gasteiger partial charge in [-0.1, -0.05) is 18.2 Å². The van der Waals surface area contributed by atoms with Crippen LogP contribution in [0.1, 0.15) is 24.8 Å². The maximum Gasteiger partial charge on any atom is 0.237 e. The molecule has 0 amide bonds. The number of halogens is 1. The van der Waals surface area contributed by atoms with Gasteiger partial charge >= 0.3 is 0 Å². The molecule has 0 bridgehead atoms. The first-order chi connectivity index (χ1) is 14.6. The van der Waals surface area contributed by atoms with Crippen LogP contribution in [0.25, 0.3) is 27.2 Å². The first kappa shape index (κ1) is 19.4. The van der Waals surface area contributed by atoms with Gasteiger partial charge in [-0.15, -0.1) is 0 Å². The zero-order chi connectivity index (χ0) is 21.1. The second kappa shape index (κ2) is 8.18. The number of nitrogens with two attached hydrogens (primary N) is 1. The molecule has 2 N–H and O–H groups in total. The maximum atomic E-state index is 13.7. The number of piperidine rings is 1. The Bertz CT molecular complexity index is 1190. The summed E-state index contributed by atoms with van der Waals surface area (Å²) in [4.78, 5) is 14.3. The van der Waals surface area contributed by atoms with Crippen LogP contribution in [0.2, 0.25) is 0 Å². The molecule has 0 unspecified atom stereocenters. The molecule has 0 aliphatic carbocycles. The zero-order valence-electron chi connectivity index (χ0n) is 16.3. The number of nitrogens with zero attached hydrogens (tertiary/aromatic N) is 5. The van der Waals surface area contributed by atoms with Crippen molar-refractivity contribution in [2.24, 2.45) is 0 Å². The van der Waals surface area contributed by atoms with Crippen LogP contribution in [0.5, 0.6) is 0 Å². The van der Waals surface area contributed by atoms with Crippen molar-refractivity contribution in [1.29, 1.82) is 5.26 Å². The molecule has 3 aromatic rings. The molecule has 30 heavy (non-hydrogen) atoms. The molecule has 0 radical (unpaired) electrons. The largest absolute Gasteiger partial charge is 0.392 e. The van der Waals surface area contributed by atoms with Crippen molar-refractivity contribution in [2.75, 3.05) is 23.7 Å². The summed E-state index contributed by atoms with van der Waals surface area (Å²) in [7, 11) is 0. The summed E-state index contributed by atoms with van der Waals surface area (Å²) in [5.41, 5.74) is 8.89. The van der Waals surface area contributed by atoms with Crippen molar-refractivity contribution in [3.05, 3.63) is 65.4 Å². The highest BCUT2D eigenvalue weighted by molar-refractivity contribution is 5.93. The Morgan fingerprint density at radius 3 is 2.60 bits per heavy atom. The van der Waals surface area contributed by atoms with Crippen LogP contribution in [0.3, 0.4) is 0 Å². The van der Waals surface area contributed by atoms with Crippen LogP contribution in [-0.2, 0) is 0 Å². The summed E-state index contributed by atoms with van der Waals surface area (Å²) < 4.78 is 13.7. The predicted molar refractivity (Wildman–Crippen MR) is 114 cm³/mol. The van der Waals surface area contributed by atoms with Gasteiger partial charge in [0.25, 0.3) is 0 Å². The number of pyridine rings is 2. The van der Waals surface area contributed by atoms with Crippen molar-refractivity contribution >= 4 is 17.3 Å². The molecule has 1 aromatic carbocycles. The number of aromatic nitrogens is 2. The van der Waals surface area contributed by atoms with E-state index in [0.717, 1.165) is 32.4 Å². The summed E-state index contributed by atoms with van der Waals surface area (Å²) in [5.74, 6) is 0.241. The van der Waals surface area contributed by atoms with Crippen LogP contribution in [0.15, 0.2) is 42.6 Å². The average Bonchev–Trinajstić information content (AvgIpc) is 2.79. The van der Waals surface area contributed by atoms with Crippen molar-refractivity contribution in [3.63, 3.8) is 0 Å². The van der Waals surface area contributed by atoms with E-state index in [9.17, 15) is 9.65 Å².